The molecule has 0 saturated carbocycles. The Morgan fingerprint density at radius 3 is 2.67 bits per heavy atom. The summed E-state index contributed by atoms with van der Waals surface area (Å²) in [5.74, 6) is 0.601. The van der Waals surface area contributed by atoms with Gasteiger partial charge in [0, 0.05) is 12.1 Å². The Labute approximate surface area is 112 Å². The number of ether oxygens (including phenoxy) is 1. The number of aromatic nitrogens is 2. The zero-order valence-electron chi connectivity index (χ0n) is 11.0. The van der Waals surface area contributed by atoms with Gasteiger partial charge in [0.05, 0.1) is 13.3 Å². The molecule has 2 heterocycles. The monoisotopic (exact) mass is 270 g/mol. The first kappa shape index (κ1) is 13.4. The lowest BCUT2D eigenvalue weighted by atomic mass is 10.00. The number of halogens is 1. The first-order chi connectivity index (χ1) is 8.61. The summed E-state index contributed by atoms with van der Waals surface area (Å²) in [6.07, 6.45) is 5.17. The number of hydrazine groups is 1. The Bertz CT molecular complexity index is 405. The highest BCUT2D eigenvalue weighted by molar-refractivity contribution is 6.32. The average Bonchev–Trinajstić information content (AvgIpc) is 2.36. The number of piperidine rings is 1. The normalized spacial score (nSPS) is 24.9. The van der Waals surface area contributed by atoms with Crippen LogP contribution in [0, 0.1) is 0 Å². The van der Waals surface area contributed by atoms with E-state index in [0.29, 0.717) is 28.9 Å². The summed E-state index contributed by atoms with van der Waals surface area (Å²) < 4.78 is 5.01. The van der Waals surface area contributed by atoms with Crippen LogP contribution in [0.4, 0.5) is 5.82 Å². The lowest BCUT2D eigenvalue weighted by Gasteiger charge is -2.39. The van der Waals surface area contributed by atoms with Crippen molar-refractivity contribution in [2.75, 3.05) is 12.5 Å². The summed E-state index contributed by atoms with van der Waals surface area (Å²) in [7, 11) is 1.54. The molecule has 1 aromatic heterocycles. The molecule has 0 radical (unpaired) electrons. The number of anilines is 1. The van der Waals surface area contributed by atoms with Gasteiger partial charge in [-0.2, -0.15) is 4.98 Å². The molecule has 0 spiro atoms. The summed E-state index contributed by atoms with van der Waals surface area (Å²) in [4.78, 5) is 8.20. The number of nitrogens with zero attached hydrogens (tertiary/aromatic N) is 3. The molecular formula is C12H19ClN4O. The molecule has 6 heteroatoms. The highest BCUT2D eigenvalue weighted by atomic mass is 35.5. The first-order valence-electron chi connectivity index (χ1n) is 6.23. The maximum absolute atomic E-state index is 6.10. The van der Waals surface area contributed by atoms with E-state index in [9.17, 15) is 0 Å². The van der Waals surface area contributed by atoms with Crippen LogP contribution in [-0.4, -0.2) is 34.2 Å². The molecule has 1 aromatic rings. The zero-order valence-corrected chi connectivity index (χ0v) is 11.7. The fourth-order valence-electron chi connectivity index (χ4n) is 2.29. The molecule has 1 saturated heterocycles. The molecule has 1 N–H and O–H groups in total. The molecular weight excluding hydrogens is 252 g/mol. The minimum absolute atomic E-state index is 0.319. The van der Waals surface area contributed by atoms with Crippen molar-refractivity contribution in [3.8, 4) is 6.01 Å². The molecule has 0 aromatic carbocycles. The average molecular weight is 271 g/mol. The second-order valence-corrected chi connectivity index (χ2v) is 5.11. The summed E-state index contributed by atoms with van der Waals surface area (Å²) >= 11 is 6.10. The van der Waals surface area contributed by atoms with E-state index in [-0.39, 0.29) is 0 Å². The molecule has 1 aliphatic heterocycles. The smallest absolute Gasteiger partial charge is 0.318 e. The number of rotatable bonds is 3. The van der Waals surface area contributed by atoms with Crippen LogP contribution in [-0.2, 0) is 0 Å². The molecule has 1 fully saturated rings. The van der Waals surface area contributed by atoms with E-state index in [1.807, 2.05) is 0 Å². The minimum atomic E-state index is 0.319. The Hall–Kier alpha value is -1.07. The van der Waals surface area contributed by atoms with Crippen LogP contribution in [0.1, 0.15) is 33.1 Å². The Morgan fingerprint density at radius 1 is 1.39 bits per heavy atom. The first-order valence-corrected chi connectivity index (χ1v) is 6.61. The van der Waals surface area contributed by atoms with Crippen LogP contribution >= 0.6 is 11.6 Å². The molecule has 2 rings (SSSR count). The molecule has 2 unspecified atom stereocenters. The molecule has 0 aliphatic carbocycles. The zero-order chi connectivity index (χ0) is 13.1. The van der Waals surface area contributed by atoms with Gasteiger partial charge in [-0.3, -0.25) is 0 Å². The summed E-state index contributed by atoms with van der Waals surface area (Å²) in [5.41, 5.74) is 3.29. The molecule has 0 amide bonds. The number of nitrogens with one attached hydrogen (secondary N) is 1. The summed E-state index contributed by atoms with van der Waals surface area (Å²) in [6.45, 7) is 4.41. The third-order valence-electron chi connectivity index (χ3n) is 3.33. The number of hydrogen-bond donors (Lipinski definition) is 1. The molecule has 0 bridgehead atoms. The summed E-state index contributed by atoms with van der Waals surface area (Å²) in [6, 6.07) is 1.25. The van der Waals surface area contributed by atoms with Gasteiger partial charge < -0.3 is 10.2 Å². The van der Waals surface area contributed by atoms with E-state index in [2.05, 4.69) is 34.3 Å². The third-order valence-corrected chi connectivity index (χ3v) is 3.61. The Morgan fingerprint density at radius 2 is 2.06 bits per heavy atom. The molecule has 2 atom stereocenters. The highest BCUT2D eigenvalue weighted by Gasteiger charge is 2.25. The van der Waals surface area contributed by atoms with Crippen molar-refractivity contribution in [2.24, 2.45) is 0 Å². The van der Waals surface area contributed by atoms with Crippen LogP contribution in [0.25, 0.3) is 0 Å². The van der Waals surface area contributed by atoms with E-state index < -0.39 is 0 Å². The minimum Gasteiger partial charge on any atom is -0.467 e. The predicted molar refractivity (Wildman–Crippen MR) is 71.8 cm³/mol. The summed E-state index contributed by atoms with van der Waals surface area (Å²) in [5, 5.41) is 2.71. The van der Waals surface area contributed by atoms with Gasteiger partial charge in [0.2, 0.25) is 0 Å². The number of methoxy groups -OCH3 is 1. The standard InChI is InChI=1S/C12H19ClN4O/c1-8-5-4-6-9(2)17(8)16-11-10(13)7-14-12(15-11)18-3/h7-9H,4-6H2,1-3H3,(H,14,15,16). The van der Waals surface area contributed by atoms with Crippen molar-refractivity contribution < 1.29 is 4.74 Å². The van der Waals surface area contributed by atoms with Crippen molar-refractivity contribution in [3.05, 3.63) is 11.2 Å². The van der Waals surface area contributed by atoms with E-state index >= 15 is 0 Å². The van der Waals surface area contributed by atoms with Gasteiger partial charge >= 0.3 is 6.01 Å². The topological polar surface area (TPSA) is 50.3 Å². The van der Waals surface area contributed by atoms with E-state index in [0.717, 1.165) is 0 Å². The predicted octanol–water partition coefficient (Wildman–Crippen LogP) is 2.73. The number of hydrogen-bond acceptors (Lipinski definition) is 5. The quantitative estimate of drug-likeness (QED) is 0.915. The molecule has 5 nitrogen and oxygen atoms in total. The van der Waals surface area contributed by atoms with Crippen LogP contribution in [0.15, 0.2) is 6.20 Å². The molecule has 100 valence electrons. The van der Waals surface area contributed by atoms with Crippen molar-refractivity contribution >= 4 is 17.4 Å². The maximum atomic E-state index is 6.10. The van der Waals surface area contributed by atoms with Crippen molar-refractivity contribution in [2.45, 2.75) is 45.2 Å². The van der Waals surface area contributed by atoms with Crippen LogP contribution in [0.2, 0.25) is 5.02 Å². The van der Waals surface area contributed by atoms with Crippen molar-refractivity contribution in [1.82, 2.24) is 15.0 Å². The third kappa shape index (κ3) is 2.84. The fourth-order valence-corrected chi connectivity index (χ4v) is 2.42. The second kappa shape index (κ2) is 5.71. The fraction of sp³-hybridized carbons (Fsp3) is 0.667. The lowest BCUT2D eigenvalue weighted by Crippen LogP contribution is -2.47. The van der Waals surface area contributed by atoms with Gasteiger partial charge in [-0.25, -0.2) is 9.99 Å². The van der Waals surface area contributed by atoms with Crippen molar-refractivity contribution in [1.29, 1.82) is 0 Å². The van der Waals surface area contributed by atoms with E-state index in [4.69, 9.17) is 16.3 Å². The lowest BCUT2D eigenvalue weighted by molar-refractivity contribution is 0.135. The van der Waals surface area contributed by atoms with Gasteiger partial charge in [-0.05, 0) is 26.7 Å². The van der Waals surface area contributed by atoms with Crippen LogP contribution < -0.4 is 10.2 Å². The molecule has 1 aliphatic rings. The van der Waals surface area contributed by atoms with E-state index in [1.165, 1.54) is 19.3 Å². The van der Waals surface area contributed by atoms with Crippen LogP contribution in [0.3, 0.4) is 0 Å². The van der Waals surface area contributed by atoms with E-state index in [1.54, 1.807) is 13.3 Å². The van der Waals surface area contributed by atoms with Gasteiger partial charge in [0.1, 0.15) is 5.02 Å². The van der Waals surface area contributed by atoms with Gasteiger partial charge in [-0.15, -0.1) is 0 Å². The Balaban J connectivity index is 2.16. The second-order valence-electron chi connectivity index (χ2n) is 4.70. The van der Waals surface area contributed by atoms with Crippen LogP contribution in [0.5, 0.6) is 6.01 Å². The van der Waals surface area contributed by atoms with Gasteiger partial charge in [0.15, 0.2) is 5.82 Å². The maximum Gasteiger partial charge on any atom is 0.318 e. The molecule has 18 heavy (non-hydrogen) atoms. The SMILES string of the molecule is COc1ncc(Cl)c(NN2C(C)CCCC2C)n1. The van der Waals surface area contributed by atoms with Gasteiger partial charge in [-0.1, -0.05) is 18.0 Å². The van der Waals surface area contributed by atoms with Crippen molar-refractivity contribution in [3.63, 3.8) is 0 Å². The van der Waals surface area contributed by atoms with Gasteiger partial charge in [0.25, 0.3) is 0 Å². The Kier molecular flexibility index (Phi) is 4.24. The largest absolute Gasteiger partial charge is 0.467 e. The highest BCUT2D eigenvalue weighted by Crippen LogP contribution is 2.26.